The zero-order valence-corrected chi connectivity index (χ0v) is 18.5. The Hall–Kier alpha value is -0.900. The third-order valence-corrected chi connectivity index (χ3v) is 6.11. The molecule has 1 aliphatic rings. The van der Waals surface area contributed by atoms with Gasteiger partial charge in [0.25, 0.3) is 0 Å². The lowest BCUT2D eigenvalue weighted by Crippen LogP contribution is -2.51. The highest BCUT2D eigenvalue weighted by molar-refractivity contribution is 7.88. The number of rotatable bonds is 11. The molecule has 1 aliphatic heterocycles. The maximum atomic E-state index is 11.6. The minimum atomic E-state index is -3.12. The lowest BCUT2D eigenvalue weighted by atomic mass is 10.0. The van der Waals surface area contributed by atoms with E-state index in [2.05, 4.69) is 34.4 Å². The van der Waals surface area contributed by atoms with Crippen molar-refractivity contribution in [3.8, 4) is 0 Å². The predicted molar refractivity (Wildman–Crippen MR) is 112 cm³/mol. The second kappa shape index (κ2) is 12.5. The highest BCUT2D eigenvalue weighted by Crippen LogP contribution is 2.13. The fourth-order valence-electron chi connectivity index (χ4n) is 3.30. The minimum Gasteiger partial charge on any atom is -0.379 e. The van der Waals surface area contributed by atoms with Crippen molar-refractivity contribution >= 4 is 16.0 Å². The Bertz CT molecular complexity index is 533. The highest BCUT2D eigenvalue weighted by Gasteiger charge is 2.22. The number of sulfonamides is 1. The van der Waals surface area contributed by atoms with Gasteiger partial charge in [-0.1, -0.05) is 20.8 Å². The number of ether oxygens (including phenoxy) is 1. The predicted octanol–water partition coefficient (Wildman–Crippen LogP) is 0.570. The second-order valence-corrected chi connectivity index (χ2v) is 9.40. The number of morpholine rings is 1. The van der Waals surface area contributed by atoms with Crippen molar-refractivity contribution in [2.24, 2.45) is 10.9 Å². The van der Waals surface area contributed by atoms with Gasteiger partial charge in [-0.15, -0.1) is 0 Å². The van der Waals surface area contributed by atoms with Gasteiger partial charge in [0, 0.05) is 52.4 Å². The lowest BCUT2D eigenvalue weighted by molar-refractivity contribution is 0.0132. The first kappa shape index (κ1) is 24.1. The summed E-state index contributed by atoms with van der Waals surface area (Å²) in [5, 5.41) is 6.72. The summed E-state index contributed by atoms with van der Waals surface area (Å²) in [7, 11) is -1.36. The maximum Gasteiger partial charge on any atom is 0.211 e. The van der Waals surface area contributed by atoms with Crippen LogP contribution in [0.5, 0.6) is 0 Å². The number of guanidine groups is 1. The van der Waals surface area contributed by atoms with Gasteiger partial charge in [0.1, 0.15) is 0 Å². The summed E-state index contributed by atoms with van der Waals surface area (Å²) in [6, 6.07) is 0.452. The van der Waals surface area contributed by atoms with Crippen molar-refractivity contribution in [2.75, 3.05) is 65.8 Å². The molecule has 0 spiro atoms. The van der Waals surface area contributed by atoms with E-state index < -0.39 is 10.0 Å². The Labute approximate surface area is 165 Å². The van der Waals surface area contributed by atoms with Crippen LogP contribution < -0.4 is 10.6 Å². The largest absolute Gasteiger partial charge is 0.379 e. The van der Waals surface area contributed by atoms with Crippen molar-refractivity contribution < 1.29 is 13.2 Å². The molecule has 0 saturated carbocycles. The quantitative estimate of drug-likeness (QED) is 0.297. The van der Waals surface area contributed by atoms with Crippen LogP contribution in [0, 0.1) is 5.92 Å². The Morgan fingerprint density at radius 2 is 1.93 bits per heavy atom. The fraction of sp³-hybridized carbons (Fsp3) is 0.944. The molecule has 1 heterocycles. The molecule has 0 amide bonds. The number of nitrogens with zero attached hydrogens (tertiary/aromatic N) is 3. The van der Waals surface area contributed by atoms with Gasteiger partial charge in [-0.25, -0.2) is 12.7 Å². The molecule has 0 aliphatic carbocycles. The van der Waals surface area contributed by atoms with E-state index in [0.717, 1.165) is 51.6 Å². The molecule has 1 rings (SSSR count). The van der Waals surface area contributed by atoms with Crippen LogP contribution in [0.15, 0.2) is 4.99 Å². The van der Waals surface area contributed by atoms with E-state index in [1.807, 2.05) is 6.92 Å². The molecule has 0 radical (unpaired) electrons. The highest BCUT2D eigenvalue weighted by atomic mass is 32.2. The molecule has 0 aromatic carbocycles. The number of nitrogens with one attached hydrogen (secondary N) is 2. The van der Waals surface area contributed by atoms with E-state index in [4.69, 9.17) is 4.74 Å². The topological polar surface area (TPSA) is 86.3 Å². The number of hydrogen-bond acceptors (Lipinski definition) is 5. The van der Waals surface area contributed by atoms with Crippen LogP contribution in [0.4, 0.5) is 0 Å². The van der Waals surface area contributed by atoms with Gasteiger partial charge in [-0.3, -0.25) is 9.89 Å². The van der Waals surface area contributed by atoms with Crippen LogP contribution in [0.1, 0.15) is 33.6 Å². The second-order valence-electron chi connectivity index (χ2n) is 7.42. The van der Waals surface area contributed by atoms with Gasteiger partial charge < -0.3 is 15.4 Å². The van der Waals surface area contributed by atoms with E-state index >= 15 is 0 Å². The molecule has 1 unspecified atom stereocenters. The number of aliphatic imine (C=N–C) groups is 1. The van der Waals surface area contributed by atoms with Gasteiger partial charge >= 0.3 is 0 Å². The Kier molecular flexibility index (Phi) is 11.2. The van der Waals surface area contributed by atoms with Crippen molar-refractivity contribution in [1.29, 1.82) is 0 Å². The zero-order chi connectivity index (χ0) is 20.3. The normalized spacial score (nSPS) is 18.1. The monoisotopic (exact) mass is 405 g/mol. The van der Waals surface area contributed by atoms with E-state index in [9.17, 15) is 8.42 Å². The molecule has 1 fully saturated rings. The molecular formula is C18H39N5O3S. The van der Waals surface area contributed by atoms with Gasteiger partial charge in [-0.2, -0.15) is 0 Å². The van der Waals surface area contributed by atoms with Crippen LogP contribution in [-0.4, -0.2) is 95.4 Å². The van der Waals surface area contributed by atoms with Crippen molar-refractivity contribution in [2.45, 2.75) is 39.7 Å². The summed E-state index contributed by atoms with van der Waals surface area (Å²) in [4.78, 5) is 6.78. The zero-order valence-electron chi connectivity index (χ0n) is 17.7. The van der Waals surface area contributed by atoms with E-state index in [1.54, 1.807) is 7.05 Å². The van der Waals surface area contributed by atoms with Crippen LogP contribution in [0.25, 0.3) is 0 Å². The van der Waals surface area contributed by atoms with E-state index in [0.29, 0.717) is 31.6 Å². The summed E-state index contributed by atoms with van der Waals surface area (Å²) in [5.41, 5.74) is 0. The molecule has 9 heteroatoms. The summed E-state index contributed by atoms with van der Waals surface area (Å²) in [6.07, 6.45) is 3.12. The lowest BCUT2D eigenvalue weighted by Gasteiger charge is -2.35. The average Bonchev–Trinajstić information content (AvgIpc) is 2.62. The smallest absolute Gasteiger partial charge is 0.211 e. The third-order valence-electron chi connectivity index (χ3n) is 4.73. The summed E-state index contributed by atoms with van der Waals surface area (Å²) >= 11 is 0. The molecule has 2 N–H and O–H groups in total. The molecule has 27 heavy (non-hydrogen) atoms. The summed E-state index contributed by atoms with van der Waals surface area (Å²) < 4.78 is 30.2. The van der Waals surface area contributed by atoms with Gasteiger partial charge in [-0.05, 0) is 18.8 Å². The van der Waals surface area contributed by atoms with Crippen LogP contribution in [0.3, 0.4) is 0 Å². The van der Waals surface area contributed by atoms with Gasteiger partial charge in [0.15, 0.2) is 5.96 Å². The Morgan fingerprint density at radius 3 is 2.44 bits per heavy atom. The molecule has 0 aromatic heterocycles. The van der Waals surface area contributed by atoms with Gasteiger partial charge in [0.2, 0.25) is 10.0 Å². The average molecular weight is 406 g/mol. The van der Waals surface area contributed by atoms with E-state index in [-0.39, 0.29) is 0 Å². The SMILES string of the molecule is CCN(CCCNC(=NC)NCC(CC(C)C)N1CCOCC1)S(C)(=O)=O. The van der Waals surface area contributed by atoms with Crippen LogP contribution in [0.2, 0.25) is 0 Å². The first-order valence-corrected chi connectivity index (χ1v) is 11.8. The summed E-state index contributed by atoms with van der Waals surface area (Å²) in [6.45, 7) is 12.4. The number of hydrogen-bond donors (Lipinski definition) is 2. The van der Waals surface area contributed by atoms with E-state index in [1.165, 1.54) is 10.6 Å². The third kappa shape index (κ3) is 9.73. The molecule has 160 valence electrons. The molecular weight excluding hydrogens is 366 g/mol. The minimum absolute atomic E-state index is 0.452. The molecule has 0 aromatic rings. The first-order valence-electron chi connectivity index (χ1n) is 9.99. The van der Waals surface area contributed by atoms with Crippen LogP contribution >= 0.6 is 0 Å². The standard InChI is InChI=1S/C18H39N5O3S/c1-6-23(27(5,24)25)9-7-8-20-18(19-4)21-15-17(14-16(2)3)22-10-12-26-13-11-22/h16-17H,6-15H2,1-5H3,(H2,19,20,21). The van der Waals surface area contributed by atoms with Crippen molar-refractivity contribution in [3.05, 3.63) is 0 Å². The first-order chi connectivity index (χ1) is 12.8. The van der Waals surface area contributed by atoms with Crippen molar-refractivity contribution in [1.82, 2.24) is 19.8 Å². The molecule has 0 bridgehead atoms. The maximum absolute atomic E-state index is 11.6. The van der Waals surface area contributed by atoms with Crippen molar-refractivity contribution in [3.63, 3.8) is 0 Å². The summed E-state index contributed by atoms with van der Waals surface area (Å²) in [5.74, 6) is 1.39. The van der Waals surface area contributed by atoms with Crippen LogP contribution in [-0.2, 0) is 14.8 Å². The fourth-order valence-corrected chi connectivity index (χ4v) is 4.23. The molecule has 1 atom stereocenters. The molecule has 1 saturated heterocycles. The Morgan fingerprint density at radius 1 is 1.26 bits per heavy atom. The van der Waals surface area contributed by atoms with Gasteiger partial charge in [0.05, 0.1) is 19.5 Å². The molecule has 8 nitrogen and oxygen atoms in total. The Balaban J connectivity index is 2.42.